The lowest BCUT2D eigenvalue weighted by Crippen LogP contribution is -2.45. The largest absolute Gasteiger partial charge is 0.314 e. The van der Waals surface area contributed by atoms with Gasteiger partial charge in [-0.3, -0.25) is 4.72 Å². The highest BCUT2D eigenvalue weighted by molar-refractivity contribution is 7.90. The van der Waals surface area contributed by atoms with Gasteiger partial charge in [0.15, 0.2) is 5.82 Å². The number of piperidine rings is 1. The summed E-state index contributed by atoms with van der Waals surface area (Å²) in [4.78, 5) is 0. The molecule has 1 saturated carbocycles. The first-order valence-electron chi connectivity index (χ1n) is 7.42. The molecule has 0 amide bonds. The van der Waals surface area contributed by atoms with Crippen LogP contribution in [0.5, 0.6) is 0 Å². The third-order valence-electron chi connectivity index (χ3n) is 3.90. The first-order valence-corrected chi connectivity index (χ1v) is 8.86. The molecule has 0 bridgehead atoms. The molecule has 2 N–H and O–H groups in total. The van der Waals surface area contributed by atoms with Crippen LogP contribution in [0.2, 0.25) is 0 Å². The van der Waals surface area contributed by atoms with Crippen LogP contribution in [0, 0.1) is 5.92 Å². The second kappa shape index (κ2) is 6.25. The lowest BCUT2D eigenvalue weighted by Gasteiger charge is -2.32. The smallest absolute Gasteiger partial charge is 0.302 e. The van der Waals surface area contributed by atoms with Gasteiger partial charge in [-0.15, -0.1) is 5.10 Å². The van der Waals surface area contributed by atoms with Crippen LogP contribution in [0.15, 0.2) is 18.3 Å². The molecule has 1 atom stereocenters. The zero-order valence-electron chi connectivity index (χ0n) is 11.9. The van der Waals surface area contributed by atoms with E-state index in [1.54, 1.807) is 12.1 Å². The van der Waals surface area contributed by atoms with Crippen LogP contribution in [0.3, 0.4) is 0 Å². The molecule has 3 rings (SSSR count). The fourth-order valence-corrected chi connectivity index (χ4v) is 3.86. The van der Waals surface area contributed by atoms with Gasteiger partial charge in [-0.05, 0) is 50.3 Å². The van der Waals surface area contributed by atoms with E-state index in [1.165, 1.54) is 23.3 Å². The third-order valence-corrected chi connectivity index (χ3v) is 5.38. The van der Waals surface area contributed by atoms with Gasteiger partial charge in [-0.1, -0.05) is 0 Å². The Bertz CT molecular complexity index is 561. The minimum atomic E-state index is -3.54. The lowest BCUT2D eigenvalue weighted by molar-refractivity contribution is 0.261. The van der Waals surface area contributed by atoms with E-state index in [0.717, 1.165) is 19.4 Å². The quantitative estimate of drug-likeness (QED) is 0.803. The maximum Gasteiger partial charge on any atom is 0.302 e. The molecule has 2 fully saturated rings. The van der Waals surface area contributed by atoms with E-state index in [0.29, 0.717) is 25.0 Å². The van der Waals surface area contributed by atoms with Crippen molar-refractivity contribution in [2.75, 3.05) is 24.4 Å². The maximum atomic E-state index is 12.4. The number of rotatable bonds is 6. The maximum absolute atomic E-state index is 12.4. The monoisotopic (exact) mass is 311 g/mol. The van der Waals surface area contributed by atoms with Gasteiger partial charge in [0.25, 0.3) is 0 Å². The van der Waals surface area contributed by atoms with Gasteiger partial charge in [0.05, 0.1) is 0 Å². The Morgan fingerprint density at radius 3 is 2.90 bits per heavy atom. The van der Waals surface area contributed by atoms with E-state index in [1.807, 2.05) is 0 Å². The lowest BCUT2D eigenvalue weighted by atomic mass is 10.00. The zero-order chi connectivity index (χ0) is 14.7. The second-order valence-electron chi connectivity index (χ2n) is 5.76. The van der Waals surface area contributed by atoms with E-state index < -0.39 is 10.2 Å². The zero-order valence-corrected chi connectivity index (χ0v) is 12.7. The summed E-state index contributed by atoms with van der Waals surface area (Å²) in [5.41, 5.74) is 0. The molecule has 116 valence electrons. The molecule has 1 aromatic rings. The number of anilines is 1. The predicted octanol–water partition coefficient (Wildman–Crippen LogP) is 0.597. The Morgan fingerprint density at radius 2 is 2.19 bits per heavy atom. The Kier molecular flexibility index (Phi) is 4.37. The second-order valence-corrected chi connectivity index (χ2v) is 7.44. The van der Waals surface area contributed by atoms with Crippen LogP contribution < -0.4 is 10.0 Å². The molecule has 8 heteroatoms. The summed E-state index contributed by atoms with van der Waals surface area (Å²) in [6.45, 7) is 2.03. The van der Waals surface area contributed by atoms with Crippen molar-refractivity contribution in [3.05, 3.63) is 18.3 Å². The van der Waals surface area contributed by atoms with Gasteiger partial charge in [0.2, 0.25) is 0 Å². The molecule has 1 aromatic heterocycles. The van der Waals surface area contributed by atoms with Crippen LogP contribution in [-0.4, -0.2) is 48.6 Å². The number of hydrogen-bond acceptors (Lipinski definition) is 5. The summed E-state index contributed by atoms with van der Waals surface area (Å²) >= 11 is 0. The van der Waals surface area contributed by atoms with Gasteiger partial charge in [0, 0.05) is 25.3 Å². The molecule has 1 aliphatic heterocycles. The van der Waals surface area contributed by atoms with Crippen molar-refractivity contribution in [2.24, 2.45) is 5.92 Å². The van der Waals surface area contributed by atoms with Crippen molar-refractivity contribution in [3.8, 4) is 0 Å². The van der Waals surface area contributed by atoms with Crippen molar-refractivity contribution in [1.82, 2.24) is 19.8 Å². The molecule has 0 spiro atoms. The molecule has 21 heavy (non-hydrogen) atoms. The highest BCUT2D eigenvalue weighted by Crippen LogP contribution is 2.22. The van der Waals surface area contributed by atoms with Gasteiger partial charge < -0.3 is 5.32 Å². The number of hydrogen-bond donors (Lipinski definition) is 2. The Morgan fingerprint density at radius 1 is 1.33 bits per heavy atom. The van der Waals surface area contributed by atoms with Gasteiger partial charge in [-0.25, -0.2) is 0 Å². The van der Waals surface area contributed by atoms with Crippen molar-refractivity contribution < 1.29 is 8.42 Å². The molecule has 7 nitrogen and oxygen atoms in total. The van der Waals surface area contributed by atoms with Crippen molar-refractivity contribution in [3.63, 3.8) is 0 Å². The van der Waals surface area contributed by atoms with E-state index in [-0.39, 0.29) is 5.82 Å². The summed E-state index contributed by atoms with van der Waals surface area (Å²) in [6.07, 6.45) is 6.00. The van der Waals surface area contributed by atoms with Crippen molar-refractivity contribution in [2.45, 2.75) is 31.7 Å². The highest BCUT2D eigenvalue weighted by Gasteiger charge is 2.30. The van der Waals surface area contributed by atoms with Crippen LogP contribution in [-0.2, 0) is 10.2 Å². The summed E-state index contributed by atoms with van der Waals surface area (Å²) < 4.78 is 28.8. The van der Waals surface area contributed by atoms with Crippen molar-refractivity contribution >= 4 is 16.0 Å². The number of nitrogens with one attached hydrogen (secondary N) is 2. The Balaban J connectivity index is 1.58. The minimum Gasteiger partial charge on any atom is -0.314 e. The van der Waals surface area contributed by atoms with Gasteiger partial charge in [0.1, 0.15) is 0 Å². The molecule has 2 aliphatic rings. The molecule has 2 heterocycles. The molecular formula is C13H21N5O2S. The molecule has 1 saturated heterocycles. The fraction of sp³-hybridized carbons (Fsp3) is 0.692. The molecular weight excluding hydrogens is 290 g/mol. The average Bonchev–Trinajstić information content (AvgIpc) is 3.30. The summed E-state index contributed by atoms with van der Waals surface area (Å²) in [6, 6.07) is 3.92. The molecule has 0 radical (unpaired) electrons. The normalized spacial score (nSPS) is 23.9. The fourth-order valence-electron chi connectivity index (χ4n) is 2.59. The van der Waals surface area contributed by atoms with E-state index in [9.17, 15) is 8.42 Å². The van der Waals surface area contributed by atoms with Gasteiger partial charge in [-0.2, -0.15) is 17.8 Å². The van der Waals surface area contributed by atoms with Crippen LogP contribution >= 0.6 is 0 Å². The Labute approximate surface area is 125 Å². The molecule has 1 unspecified atom stereocenters. The number of aromatic nitrogens is 2. The van der Waals surface area contributed by atoms with Crippen LogP contribution in [0.25, 0.3) is 0 Å². The van der Waals surface area contributed by atoms with E-state index in [4.69, 9.17) is 0 Å². The SMILES string of the molecule is O=S(=O)(Nc1cccnn1)N1CCCC(CNC2CC2)C1. The summed E-state index contributed by atoms with van der Waals surface area (Å²) in [5.74, 6) is 0.647. The first-order chi connectivity index (χ1) is 10.1. The summed E-state index contributed by atoms with van der Waals surface area (Å²) in [5, 5.41) is 10.9. The van der Waals surface area contributed by atoms with Gasteiger partial charge >= 0.3 is 10.2 Å². The van der Waals surface area contributed by atoms with E-state index >= 15 is 0 Å². The topological polar surface area (TPSA) is 87.2 Å². The van der Waals surface area contributed by atoms with E-state index in [2.05, 4.69) is 20.2 Å². The predicted molar refractivity (Wildman–Crippen MR) is 79.9 cm³/mol. The third kappa shape index (κ3) is 4.12. The minimum absolute atomic E-state index is 0.260. The average molecular weight is 311 g/mol. The standard InChI is InChI=1S/C13H21N5O2S/c19-21(20,17-13-4-1-7-15-16-13)18-8-2-3-11(10-18)9-14-12-5-6-12/h1,4,7,11-12,14H,2-3,5-6,8-10H2,(H,16,17). The molecule has 0 aromatic carbocycles. The first kappa shape index (κ1) is 14.7. The number of nitrogens with zero attached hydrogens (tertiary/aromatic N) is 3. The van der Waals surface area contributed by atoms with Crippen LogP contribution in [0.4, 0.5) is 5.82 Å². The highest BCUT2D eigenvalue weighted by atomic mass is 32.2. The Hall–Kier alpha value is -1.25. The van der Waals surface area contributed by atoms with Crippen LogP contribution in [0.1, 0.15) is 25.7 Å². The molecule has 1 aliphatic carbocycles. The summed E-state index contributed by atoms with van der Waals surface area (Å²) in [7, 11) is -3.54. The van der Waals surface area contributed by atoms with Crippen molar-refractivity contribution in [1.29, 1.82) is 0 Å².